The van der Waals surface area contributed by atoms with Gasteiger partial charge in [-0.15, -0.1) is 0 Å². The second-order valence-electron chi connectivity index (χ2n) is 6.88. The Kier molecular flexibility index (Phi) is 7.18. The van der Waals surface area contributed by atoms with Gasteiger partial charge < -0.3 is 19.0 Å². The normalized spacial score (nSPS) is 14.5. The molecule has 2 aromatic rings. The van der Waals surface area contributed by atoms with Gasteiger partial charge in [-0.1, -0.05) is 13.3 Å². The van der Waals surface area contributed by atoms with Gasteiger partial charge in [0.05, 0.1) is 6.61 Å². The van der Waals surface area contributed by atoms with Crippen molar-refractivity contribution in [2.75, 3.05) is 31.3 Å². The largest absolute Gasteiger partial charge is 0.476 e. The number of oxazole rings is 1. The average molecular weight is 403 g/mol. The van der Waals surface area contributed by atoms with E-state index < -0.39 is 12.1 Å². The van der Waals surface area contributed by atoms with Crippen molar-refractivity contribution in [2.45, 2.75) is 32.6 Å². The van der Waals surface area contributed by atoms with E-state index in [1.807, 2.05) is 6.92 Å². The first-order valence-corrected chi connectivity index (χ1v) is 9.75. The van der Waals surface area contributed by atoms with Crippen LogP contribution in [0.2, 0.25) is 0 Å². The Hall–Kier alpha value is -2.94. The lowest BCUT2D eigenvalue weighted by Gasteiger charge is -2.28. The van der Waals surface area contributed by atoms with Crippen molar-refractivity contribution in [1.29, 1.82) is 0 Å². The lowest BCUT2D eigenvalue weighted by molar-refractivity contribution is 0.0673. The number of carboxylic acid groups (broad SMARTS) is 1. The maximum atomic E-state index is 12.7. The number of ether oxygens (including phenoxy) is 2. The third kappa shape index (κ3) is 5.54. The van der Waals surface area contributed by atoms with E-state index in [0.717, 1.165) is 31.9 Å². The summed E-state index contributed by atoms with van der Waals surface area (Å²) in [5, 5.41) is 9.03. The van der Waals surface area contributed by atoms with Gasteiger partial charge in [0.25, 0.3) is 0 Å². The first-order valence-electron chi connectivity index (χ1n) is 9.75. The number of hydrogen-bond donors (Lipinski definition) is 1. The Labute approximate surface area is 168 Å². The zero-order valence-electron chi connectivity index (χ0n) is 16.4. The fraction of sp³-hybridized carbons (Fsp3) is 0.500. The molecule has 9 nitrogen and oxygen atoms in total. The first kappa shape index (κ1) is 20.8. The lowest BCUT2D eigenvalue weighted by Crippen LogP contribution is -2.38. The molecule has 0 aromatic carbocycles. The molecular formula is C20H25N3O6. The maximum Gasteiger partial charge on any atom is 0.415 e. The van der Waals surface area contributed by atoms with Gasteiger partial charge in [-0.3, -0.25) is 4.90 Å². The van der Waals surface area contributed by atoms with Crippen LogP contribution in [0.4, 0.5) is 10.6 Å². The number of nitrogens with zero attached hydrogens (tertiary/aromatic N) is 3. The molecule has 0 saturated carbocycles. The summed E-state index contributed by atoms with van der Waals surface area (Å²) in [6.07, 6.45) is 5.60. The highest BCUT2D eigenvalue weighted by atomic mass is 16.6. The molecule has 0 unspecified atom stereocenters. The minimum absolute atomic E-state index is 0.149. The number of rotatable bonds is 8. The summed E-state index contributed by atoms with van der Waals surface area (Å²) in [5.41, 5.74) is 0.345. The highest BCUT2D eigenvalue weighted by Gasteiger charge is 2.25. The zero-order valence-corrected chi connectivity index (χ0v) is 16.4. The number of carbonyl (C=O) groups is 2. The van der Waals surface area contributed by atoms with E-state index in [1.165, 1.54) is 11.1 Å². The molecule has 1 fully saturated rings. The van der Waals surface area contributed by atoms with E-state index in [2.05, 4.69) is 9.97 Å². The smallest absolute Gasteiger partial charge is 0.415 e. The number of pyridine rings is 1. The number of anilines is 1. The number of carbonyl (C=O) groups excluding carboxylic acids is 1. The van der Waals surface area contributed by atoms with Crippen LogP contribution in [0.1, 0.15) is 43.1 Å². The van der Waals surface area contributed by atoms with Crippen LogP contribution in [0.5, 0.6) is 0 Å². The highest BCUT2D eigenvalue weighted by molar-refractivity contribution is 5.87. The highest BCUT2D eigenvalue weighted by Crippen LogP contribution is 2.25. The van der Waals surface area contributed by atoms with Crippen molar-refractivity contribution in [3.63, 3.8) is 0 Å². The van der Waals surface area contributed by atoms with Gasteiger partial charge in [-0.05, 0) is 37.3 Å². The van der Waals surface area contributed by atoms with Crippen LogP contribution in [0, 0.1) is 5.92 Å². The van der Waals surface area contributed by atoms with E-state index in [0.29, 0.717) is 37.7 Å². The van der Waals surface area contributed by atoms with E-state index in [-0.39, 0.29) is 17.5 Å². The van der Waals surface area contributed by atoms with E-state index in [1.54, 1.807) is 12.1 Å². The summed E-state index contributed by atoms with van der Waals surface area (Å²) < 4.78 is 16.1. The molecule has 1 N–H and O–H groups in total. The van der Waals surface area contributed by atoms with Gasteiger partial charge in [0.1, 0.15) is 12.1 Å². The van der Waals surface area contributed by atoms with Gasteiger partial charge in [-0.2, -0.15) is 0 Å². The molecule has 0 aliphatic carbocycles. The van der Waals surface area contributed by atoms with Gasteiger partial charge in [0.2, 0.25) is 5.89 Å². The molecule has 0 spiro atoms. The Bertz CT molecular complexity index is 831. The van der Waals surface area contributed by atoms with Crippen molar-refractivity contribution >= 4 is 17.9 Å². The number of aromatic nitrogens is 2. The second kappa shape index (κ2) is 10.0. The third-order valence-electron chi connectivity index (χ3n) is 4.72. The summed E-state index contributed by atoms with van der Waals surface area (Å²) >= 11 is 0. The molecule has 3 rings (SSSR count). The molecule has 3 heterocycles. The summed E-state index contributed by atoms with van der Waals surface area (Å²) in [6.45, 7) is 4.19. The van der Waals surface area contributed by atoms with Gasteiger partial charge >= 0.3 is 12.1 Å². The van der Waals surface area contributed by atoms with E-state index in [4.69, 9.17) is 19.0 Å². The van der Waals surface area contributed by atoms with Crippen molar-refractivity contribution in [3.8, 4) is 11.5 Å². The minimum Gasteiger partial charge on any atom is -0.476 e. The summed E-state index contributed by atoms with van der Waals surface area (Å²) in [5.74, 6) is -0.329. The van der Waals surface area contributed by atoms with Crippen molar-refractivity contribution in [2.24, 2.45) is 5.92 Å². The van der Waals surface area contributed by atoms with Crippen molar-refractivity contribution in [3.05, 3.63) is 30.3 Å². The number of hydrogen-bond acceptors (Lipinski definition) is 7. The van der Waals surface area contributed by atoms with Crippen molar-refractivity contribution in [1.82, 2.24) is 9.97 Å². The summed E-state index contributed by atoms with van der Waals surface area (Å²) in [4.78, 5) is 33.6. The molecule has 1 amide bonds. The maximum absolute atomic E-state index is 12.7. The van der Waals surface area contributed by atoms with E-state index in [9.17, 15) is 9.59 Å². The third-order valence-corrected chi connectivity index (χ3v) is 4.72. The minimum atomic E-state index is -1.17. The Morgan fingerprint density at radius 2 is 2.14 bits per heavy atom. The number of amides is 1. The fourth-order valence-corrected chi connectivity index (χ4v) is 3.03. The molecule has 0 bridgehead atoms. The monoisotopic (exact) mass is 403 g/mol. The molecule has 1 saturated heterocycles. The van der Waals surface area contributed by atoms with Crippen LogP contribution in [0.15, 0.2) is 29.0 Å². The topological polar surface area (TPSA) is 115 Å². The van der Waals surface area contributed by atoms with Gasteiger partial charge in [-0.25, -0.2) is 19.6 Å². The van der Waals surface area contributed by atoms with Crippen LogP contribution in [-0.4, -0.2) is 53.5 Å². The predicted molar refractivity (Wildman–Crippen MR) is 104 cm³/mol. The lowest BCUT2D eigenvalue weighted by atomic mass is 10.00. The molecule has 29 heavy (non-hydrogen) atoms. The SMILES string of the molecule is CCCCOC(=O)N(CC1CCOCC1)c1cc(-c2nc(C(=O)O)co2)ccn1. The molecule has 2 aromatic heterocycles. The first-order chi connectivity index (χ1) is 14.1. The molecule has 0 atom stereocenters. The second-order valence-corrected chi connectivity index (χ2v) is 6.88. The molecule has 1 aliphatic heterocycles. The van der Waals surface area contributed by atoms with Crippen LogP contribution < -0.4 is 4.90 Å². The van der Waals surface area contributed by atoms with Crippen LogP contribution in [0.3, 0.4) is 0 Å². The summed E-state index contributed by atoms with van der Waals surface area (Å²) in [7, 11) is 0. The molecule has 1 aliphatic rings. The Balaban J connectivity index is 1.83. The Morgan fingerprint density at radius 1 is 1.34 bits per heavy atom. The number of unbranched alkanes of at least 4 members (excludes halogenated alkanes) is 1. The van der Waals surface area contributed by atoms with E-state index >= 15 is 0 Å². The summed E-state index contributed by atoms with van der Waals surface area (Å²) in [6, 6.07) is 3.30. The number of carboxylic acids is 1. The quantitative estimate of drug-likeness (QED) is 0.665. The van der Waals surface area contributed by atoms with Crippen LogP contribution >= 0.6 is 0 Å². The molecule has 156 valence electrons. The standard InChI is InChI=1S/C20H25N3O6/c1-2-3-8-28-20(26)23(12-14-5-9-27-10-6-14)17-11-15(4-7-21-17)18-22-16(13-29-18)19(24)25/h4,7,11,13-14H,2-3,5-6,8-10,12H2,1H3,(H,24,25). The van der Waals surface area contributed by atoms with Gasteiger partial charge in [0, 0.05) is 31.5 Å². The molecule has 9 heteroatoms. The molecular weight excluding hydrogens is 378 g/mol. The van der Waals surface area contributed by atoms with Crippen molar-refractivity contribution < 1.29 is 28.6 Å². The zero-order chi connectivity index (χ0) is 20.6. The Morgan fingerprint density at radius 3 is 2.83 bits per heavy atom. The van der Waals surface area contributed by atoms with Crippen LogP contribution in [0.25, 0.3) is 11.5 Å². The molecule has 0 radical (unpaired) electrons. The van der Waals surface area contributed by atoms with Crippen LogP contribution in [-0.2, 0) is 9.47 Å². The predicted octanol–water partition coefficient (Wildman–Crippen LogP) is 3.60. The fourth-order valence-electron chi connectivity index (χ4n) is 3.03. The number of aromatic carboxylic acids is 1. The van der Waals surface area contributed by atoms with Gasteiger partial charge in [0.15, 0.2) is 5.69 Å². The average Bonchev–Trinajstić information content (AvgIpc) is 3.24.